The Morgan fingerprint density at radius 1 is 1.03 bits per heavy atom. The molecule has 8 nitrogen and oxygen atoms in total. The van der Waals surface area contributed by atoms with Crippen molar-refractivity contribution in [1.82, 2.24) is 10.2 Å². The van der Waals surface area contributed by atoms with Crippen LogP contribution >= 0.6 is 0 Å². The number of ether oxygens (including phenoxy) is 1. The van der Waals surface area contributed by atoms with Crippen LogP contribution in [0.1, 0.15) is 61.7 Å². The van der Waals surface area contributed by atoms with Crippen LogP contribution in [0.3, 0.4) is 0 Å². The first-order valence-corrected chi connectivity index (χ1v) is 12.1. The van der Waals surface area contributed by atoms with Gasteiger partial charge in [-0.15, -0.1) is 5.10 Å². The van der Waals surface area contributed by atoms with Crippen LogP contribution in [0.5, 0.6) is 0 Å². The normalized spacial score (nSPS) is 18.2. The van der Waals surface area contributed by atoms with Crippen LogP contribution < -0.4 is 10.6 Å². The average Bonchev–Trinajstić information content (AvgIpc) is 3.36. The third-order valence-electron chi connectivity index (χ3n) is 6.65. The maximum atomic E-state index is 13.8. The molecule has 1 fully saturated rings. The maximum absolute atomic E-state index is 13.8. The Morgan fingerprint density at radius 2 is 1.70 bits per heavy atom. The minimum absolute atomic E-state index is 0.102. The summed E-state index contributed by atoms with van der Waals surface area (Å²) in [4.78, 5) is 24.5. The van der Waals surface area contributed by atoms with E-state index in [1.165, 1.54) is 0 Å². The molecule has 0 aliphatic heterocycles. The molecule has 37 heavy (non-hydrogen) atoms. The standard InChI is InChI=1S/C26H27F3N4O4/c1-3-36-25(35)14(2)15-4-6-16(7-5-15)17-8-10-18(11-9-17)30-23(34)24-32-33-26(37-24)31-22-13-20(28)19(27)12-21(22)29/h8-16H,3-7H2,1-2H3,(H,30,34)(H,31,33)/t14?,15-,16-. The molecule has 1 aromatic heterocycles. The molecule has 4 rings (SSSR count). The molecule has 0 saturated heterocycles. The highest BCUT2D eigenvalue weighted by Gasteiger charge is 2.30. The second kappa shape index (κ2) is 11.4. The predicted octanol–water partition coefficient (Wildman–Crippen LogP) is 5.96. The molecule has 1 atom stereocenters. The molecule has 2 aromatic carbocycles. The molecule has 1 amide bonds. The number of carbonyl (C=O) groups is 2. The van der Waals surface area contributed by atoms with Crippen LogP contribution in [0.15, 0.2) is 40.8 Å². The van der Waals surface area contributed by atoms with E-state index in [-0.39, 0.29) is 17.9 Å². The van der Waals surface area contributed by atoms with Crippen LogP contribution in [0.4, 0.5) is 30.6 Å². The van der Waals surface area contributed by atoms with Gasteiger partial charge < -0.3 is 19.8 Å². The average molecular weight is 517 g/mol. The lowest BCUT2D eigenvalue weighted by Crippen LogP contribution is -2.26. The molecule has 1 unspecified atom stereocenters. The van der Waals surface area contributed by atoms with E-state index in [1.54, 1.807) is 12.1 Å². The summed E-state index contributed by atoms with van der Waals surface area (Å²) in [5, 5.41) is 12.1. The zero-order valence-corrected chi connectivity index (χ0v) is 20.4. The number of esters is 1. The lowest BCUT2D eigenvalue weighted by Gasteiger charge is -2.31. The summed E-state index contributed by atoms with van der Waals surface area (Å²) in [6.07, 6.45) is 3.84. The van der Waals surface area contributed by atoms with Crippen molar-refractivity contribution in [1.29, 1.82) is 0 Å². The minimum atomic E-state index is -1.34. The van der Waals surface area contributed by atoms with Crippen molar-refractivity contribution in [2.75, 3.05) is 17.2 Å². The number of aromatic nitrogens is 2. The van der Waals surface area contributed by atoms with E-state index in [0.29, 0.717) is 36.3 Å². The summed E-state index contributed by atoms with van der Waals surface area (Å²) in [5.41, 5.74) is 1.24. The Kier molecular flexibility index (Phi) is 8.10. The van der Waals surface area contributed by atoms with Gasteiger partial charge in [0, 0.05) is 17.8 Å². The first kappa shape index (κ1) is 26.2. The quantitative estimate of drug-likeness (QED) is 0.281. The number of hydrogen-bond donors (Lipinski definition) is 2. The van der Waals surface area contributed by atoms with E-state index in [9.17, 15) is 22.8 Å². The third-order valence-corrected chi connectivity index (χ3v) is 6.65. The van der Waals surface area contributed by atoms with E-state index < -0.39 is 34.9 Å². The number of hydrogen-bond acceptors (Lipinski definition) is 7. The lowest BCUT2D eigenvalue weighted by atomic mass is 9.74. The van der Waals surface area contributed by atoms with Crippen LogP contribution in [-0.2, 0) is 9.53 Å². The highest BCUT2D eigenvalue weighted by atomic mass is 19.2. The second-order valence-electron chi connectivity index (χ2n) is 9.01. The van der Waals surface area contributed by atoms with Crippen LogP contribution in [0.2, 0.25) is 0 Å². The molecule has 0 spiro atoms. The number of anilines is 3. The van der Waals surface area contributed by atoms with E-state index >= 15 is 0 Å². The Morgan fingerprint density at radius 3 is 2.38 bits per heavy atom. The van der Waals surface area contributed by atoms with Crippen LogP contribution in [0, 0.1) is 29.3 Å². The highest BCUT2D eigenvalue weighted by Crippen LogP contribution is 2.39. The van der Waals surface area contributed by atoms with E-state index in [2.05, 4.69) is 20.8 Å². The van der Waals surface area contributed by atoms with E-state index in [0.717, 1.165) is 31.2 Å². The molecule has 1 aliphatic rings. The van der Waals surface area contributed by atoms with Gasteiger partial charge in [-0.2, -0.15) is 0 Å². The SMILES string of the molecule is CCOC(=O)C(C)[C@H]1CC[C@H](c2ccc(NC(=O)c3nnc(Nc4cc(F)c(F)cc4F)o3)cc2)CC1. The molecule has 11 heteroatoms. The van der Waals surface area contributed by atoms with Gasteiger partial charge in [-0.1, -0.05) is 24.2 Å². The van der Waals surface area contributed by atoms with Crippen molar-refractivity contribution in [3.05, 3.63) is 65.3 Å². The number of amides is 1. The molecular weight excluding hydrogens is 489 g/mol. The Hall–Kier alpha value is -3.89. The third kappa shape index (κ3) is 6.28. The van der Waals surface area contributed by atoms with Gasteiger partial charge in [0.2, 0.25) is 0 Å². The van der Waals surface area contributed by atoms with Gasteiger partial charge in [0.15, 0.2) is 11.6 Å². The summed E-state index contributed by atoms with van der Waals surface area (Å²) in [6.45, 7) is 4.14. The lowest BCUT2D eigenvalue weighted by molar-refractivity contribution is -0.149. The number of rotatable bonds is 8. The number of nitrogens with zero attached hydrogens (tertiary/aromatic N) is 2. The number of halogens is 3. The summed E-state index contributed by atoms with van der Waals surface area (Å²) < 4.78 is 50.6. The van der Waals surface area contributed by atoms with Gasteiger partial charge in [0.05, 0.1) is 18.2 Å². The smallest absolute Gasteiger partial charge is 0.320 e. The topological polar surface area (TPSA) is 106 Å². The number of carbonyl (C=O) groups excluding carboxylic acids is 2. The molecule has 2 N–H and O–H groups in total. The predicted molar refractivity (Wildman–Crippen MR) is 129 cm³/mol. The fourth-order valence-electron chi connectivity index (χ4n) is 4.54. The van der Waals surface area contributed by atoms with Crippen molar-refractivity contribution in [3.8, 4) is 0 Å². The Balaban J connectivity index is 1.31. The zero-order valence-electron chi connectivity index (χ0n) is 20.4. The highest BCUT2D eigenvalue weighted by molar-refractivity contribution is 6.00. The number of benzene rings is 2. The zero-order chi connectivity index (χ0) is 26.5. The molecule has 0 bridgehead atoms. The first-order valence-electron chi connectivity index (χ1n) is 12.1. The van der Waals surface area contributed by atoms with Crippen molar-refractivity contribution >= 4 is 29.3 Å². The molecule has 196 valence electrons. The maximum Gasteiger partial charge on any atom is 0.320 e. The fourth-order valence-corrected chi connectivity index (χ4v) is 4.54. The van der Waals surface area contributed by atoms with Crippen molar-refractivity contribution in [2.45, 2.75) is 45.4 Å². The molecule has 1 heterocycles. The summed E-state index contributed by atoms with van der Waals surface area (Å²) in [7, 11) is 0. The van der Waals surface area contributed by atoms with E-state index in [4.69, 9.17) is 9.15 Å². The van der Waals surface area contributed by atoms with Gasteiger partial charge in [0.1, 0.15) is 5.82 Å². The fraction of sp³-hybridized carbons (Fsp3) is 0.385. The van der Waals surface area contributed by atoms with Crippen molar-refractivity contribution in [2.24, 2.45) is 11.8 Å². The van der Waals surface area contributed by atoms with Gasteiger partial charge in [-0.05, 0) is 62.1 Å². The van der Waals surface area contributed by atoms with Crippen molar-refractivity contribution in [3.63, 3.8) is 0 Å². The summed E-state index contributed by atoms with van der Waals surface area (Å²) >= 11 is 0. The summed E-state index contributed by atoms with van der Waals surface area (Å²) in [6, 6.07) is 8.05. The molecule has 1 saturated carbocycles. The van der Waals surface area contributed by atoms with Crippen molar-refractivity contribution < 1.29 is 31.9 Å². The first-order chi connectivity index (χ1) is 17.7. The molecule has 1 aliphatic carbocycles. The Labute approximate surface area is 211 Å². The molecule has 3 aromatic rings. The Bertz CT molecular complexity index is 1260. The van der Waals surface area contributed by atoms with E-state index in [1.807, 2.05) is 26.0 Å². The van der Waals surface area contributed by atoms with Gasteiger partial charge >= 0.3 is 23.8 Å². The second-order valence-corrected chi connectivity index (χ2v) is 9.01. The number of nitrogens with one attached hydrogen (secondary N) is 2. The van der Waals surface area contributed by atoms with Gasteiger partial charge in [0.25, 0.3) is 0 Å². The molecular formula is C26H27F3N4O4. The van der Waals surface area contributed by atoms with Gasteiger partial charge in [-0.25, -0.2) is 13.2 Å². The summed E-state index contributed by atoms with van der Waals surface area (Å²) in [5.74, 6) is -4.29. The van der Waals surface area contributed by atoms with Gasteiger partial charge in [-0.3, -0.25) is 9.59 Å². The van der Waals surface area contributed by atoms with Crippen LogP contribution in [-0.4, -0.2) is 28.7 Å². The minimum Gasteiger partial charge on any atom is -0.466 e. The van der Waals surface area contributed by atoms with Crippen LogP contribution in [0.25, 0.3) is 0 Å². The molecule has 0 radical (unpaired) electrons. The monoisotopic (exact) mass is 516 g/mol. The largest absolute Gasteiger partial charge is 0.466 e.